The summed E-state index contributed by atoms with van der Waals surface area (Å²) < 4.78 is 12.1. The average Bonchev–Trinajstić information content (AvgIpc) is 2.41. The summed E-state index contributed by atoms with van der Waals surface area (Å²) in [6.07, 6.45) is -0.219. The summed E-state index contributed by atoms with van der Waals surface area (Å²) in [5.74, 6) is 0.821. The smallest absolute Gasteiger partial charge is 0.196 e. The van der Waals surface area contributed by atoms with Crippen LogP contribution in [0.3, 0.4) is 0 Å². The lowest BCUT2D eigenvalue weighted by atomic mass is 10.1. The Morgan fingerprint density at radius 2 is 1.47 bits per heavy atom. The van der Waals surface area contributed by atoms with Crippen LogP contribution in [-0.2, 0) is 4.74 Å². The molecular formula is C16H17BrO2. The maximum absolute atomic E-state index is 5.63. The SMILES string of the molecule is CCOC(C)Oc1ccc(-c2ccc(Br)cc2)cc1. The first-order valence-electron chi connectivity index (χ1n) is 6.33. The molecule has 2 aromatic rings. The minimum Gasteiger partial charge on any atom is -0.465 e. The van der Waals surface area contributed by atoms with E-state index in [9.17, 15) is 0 Å². The zero-order chi connectivity index (χ0) is 13.7. The topological polar surface area (TPSA) is 18.5 Å². The van der Waals surface area contributed by atoms with Gasteiger partial charge in [0.15, 0.2) is 6.29 Å². The molecule has 0 aliphatic rings. The van der Waals surface area contributed by atoms with Gasteiger partial charge < -0.3 is 9.47 Å². The van der Waals surface area contributed by atoms with Crippen molar-refractivity contribution in [3.05, 3.63) is 53.0 Å². The normalized spacial score (nSPS) is 12.2. The summed E-state index contributed by atoms with van der Waals surface area (Å²) >= 11 is 3.44. The van der Waals surface area contributed by atoms with E-state index in [1.54, 1.807) is 0 Å². The molecule has 0 aliphatic carbocycles. The van der Waals surface area contributed by atoms with Crippen LogP contribution in [0.5, 0.6) is 5.75 Å². The van der Waals surface area contributed by atoms with Gasteiger partial charge in [0.05, 0.1) is 0 Å². The molecule has 0 N–H and O–H groups in total. The standard InChI is InChI=1S/C16H17BrO2/c1-3-18-12(2)19-16-10-6-14(7-11-16)13-4-8-15(17)9-5-13/h4-12H,3H2,1-2H3. The van der Waals surface area contributed by atoms with E-state index in [2.05, 4.69) is 40.2 Å². The number of hydrogen-bond donors (Lipinski definition) is 0. The van der Waals surface area contributed by atoms with Crippen LogP contribution in [-0.4, -0.2) is 12.9 Å². The lowest BCUT2D eigenvalue weighted by Crippen LogP contribution is -2.15. The minimum absolute atomic E-state index is 0.219. The minimum atomic E-state index is -0.219. The van der Waals surface area contributed by atoms with Gasteiger partial charge in [-0.1, -0.05) is 40.2 Å². The molecule has 1 atom stereocenters. The van der Waals surface area contributed by atoms with E-state index in [-0.39, 0.29) is 6.29 Å². The lowest BCUT2D eigenvalue weighted by Gasteiger charge is -2.14. The van der Waals surface area contributed by atoms with E-state index >= 15 is 0 Å². The first kappa shape index (κ1) is 14.1. The van der Waals surface area contributed by atoms with Crippen molar-refractivity contribution in [3.8, 4) is 16.9 Å². The second kappa shape index (κ2) is 6.73. The molecule has 1 unspecified atom stereocenters. The van der Waals surface area contributed by atoms with E-state index < -0.39 is 0 Å². The van der Waals surface area contributed by atoms with Gasteiger partial charge in [0.2, 0.25) is 0 Å². The van der Waals surface area contributed by atoms with Gasteiger partial charge in [-0.3, -0.25) is 0 Å². The third-order valence-corrected chi connectivity index (χ3v) is 3.26. The molecule has 0 fully saturated rings. The Kier molecular flexibility index (Phi) is 5.00. The molecule has 0 heterocycles. The molecule has 0 bridgehead atoms. The van der Waals surface area contributed by atoms with Crippen molar-refractivity contribution in [3.63, 3.8) is 0 Å². The van der Waals surface area contributed by atoms with Crippen molar-refractivity contribution < 1.29 is 9.47 Å². The van der Waals surface area contributed by atoms with Crippen LogP contribution in [0.25, 0.3) is 11.1 Å². The van der Waals surface area contributed by atoms with E-state index in [0.29, 0.717) is 6.61 Å². The molecule has 0 saturated carbocycles. The highest BCUT2D eigenvalue weighted by molar-refractivity contribution is 9.10. The Hall–Kier alpha value is -1.32. The summed E-state index contributed by atoms with van der Waals surface area (Å²) in [4.78, 5) is 0. The fourth-order valence-electron chi connectivity index (χ4n) is 1.83. The molecule has 0 aliphatic heterocycles. The molecule has 0 radical (unpaired) electrons. The van der Waals surface area contributed by atoms with Gasteiger partial charge in [0.1, 0.15) is 5.75 Å². The Morgan fingerprint density at radius 1 is 0.947 bits per heavy atom. The Morgan fingerprint density at radius 3 is 2.00 bits per heavy atom. The van der Waals surface area contributed by atoms with Gasteiger partial charge >= 0.3 is 0 Å². The van der Waals surface area contributed by atoms with E-state index in [0.717, 1.165) is 10.2 Å². The summed E-state index contributed by atoms with van der Waals surface area (Å²) in [5.41, 5.74) is 2.36. The number of halogens is 1. The first-order chi connectivity index (χ1) is 9.19. The van der Waals surface area contributed by atoms with Gasteiger partial charge in [-0.05, 0) is 49.2 Å². The molecule has 2 nitrogen and oxygen atoms in total. The summed E-state index contributed by atoms with van der Waals surface area (Å²) in [6, 6.07) is 16.3. The first-order valence-corrected chi connectivity index (χ1v) is 7.12. The molecule has 2 aromatic carbocycles. The second-order valence-electron chi connectivity index (χ2n) is 4.17. The maximum Gasteiger partial charge on any atom is 0.196 e. The largest absolute Gasteiger partial charge is 0.465 e. The molecule has 0 spiro atoms. The Bertz CT molecular complexity index is 505. The highest BCUT2D eigenvalue weighted by Crippen LogP contribution is 2.24. The fraction of sp³-hybridized carbons (Fsp3) is 0.250. The third kappa shape index (κ3) is 4.08. The molecule has 0 saturated heterocycles. The highest BCUT2D eigenvalue weighted by atomic mass is 79.9. The summed E-state index contributed by atoms with van der Waals surface area (Å²) in [5, 5.41) is 0. The predicted molar refractivity (Wildman–Crippen MR) is 81.3 cm³/mol. The molecule has 19 heavy (non-hydrogen) atoms. The Balaban J connectivity index is 2.08. The van der Waals surface area contributed by atoms with Crippen LogP contribution in [0.2, 0.25) is 0 Å². The fourth-order valence-corrected chi connectivity index (χ4v) is 2.09. The molecule has 2 rings (SSSR count). The van der Waals surface area contributed by atoms with Crippen LogP contribution in [0, 0.1) is 0 Å². The average molecular weight is 321 g/mol. The highest BCUT2D eigenvalue weighted by Gasteiger charge is 2.03. The molecular weight excluding hydrogens is 304 g/mol. The lowest BCUT2D eigenvalue weighted by molar-refractivity contribution is -0.0613. The van der Waals surface area contributed by atoms with Gasteiger partial charge in [0, 0.05) is 11.1 Å². The number of rotatable bonds is 5. The van der Waals surface area contributed by atoms with E-state index in [1.807, 2.05) is 38.1 Å². The number of ether oxygens (including phenoxy) is 2. The molecule has 100 valence electrons. The van der Waals surface area contributed by atoms with Crippen LogP contribution in [0.1, 0.15) is 13.8 Å². The molecule has 3 heteroatoms. The van der Waals surface area contributed by atoms with Gasteiger partial charge in [0.25, 0.3) is 0 Å². The van der Waals surface area contributed by atoms with Gasteiger partial charge in [-0.15, -0.1) is 0 Å². The molecule has 0 aromatic heterocycles. The third-order valence-electron chi connectivity index (χ3n) is 2.74. The summed E-state index contributed by atoms with van der Waals surface area (Å²) in [6.45, 7) is 4.50. The monoisotopic (exact) mass is 320 g/mol. The quantitative estimate of drug-likeness (QED) is 0.731. The zero-order valence-corrected chi connectivity index (χ0v) is 12.7. The van der Waals surface area contributed by atoms with Crippen molar-refractivity contribution in [1.82, 2.24) is 0 Å². The van der Waals surface area contributed by atoms with Crippen molar-refractivity contribution in [2.45, 2.75) is 20.1 Å². The van der Waals surface area contributed by atoms with Crippen LogP contribution < -0.4 is 4.74 Å². The zero-order valence-electron chi connectivity index (χ0n) is 11.1. The second-order valence-corrected chi connectivity index (χ2v) is 5.09. The van der Waals surface area contributed by atoms with Gasteiger partial charge in [-0.2, -0.15) is 0 Å². The predicted octanol–water partition coefficient (Wildman–Crippen LogP) is 4.88. The van der Waals surface area contributed by atoms with Crippen molar-refractivity contribution in [1.29, 1.82) is 0 Å². The van der Waals surface area contributed by atoms with Gasteiger partial charge in [-0.25, -0.2) is 0 Å². The Labute approximate surface area is 122 Å². The summed E-state index contributed by atoms with van der Waals surface area (Å²) in [7, 11) is 0. The maximum atomic E-state index is 5.63. The number of benzene rings is 2. The van der Waals surface area contributed by atoms with Crippen molar-refractivity contribution in [2.24, 2.45) is 0 Å². The number of hydrogen-bond acceptors (Lipinski definition) is 2. The van der Waals surface area contributed by atoms with Crippen LogP contribution in [0.4, 0.5) is 0 Å². The van der Waals surface area contributed by atoms with Crippen molar-refractivity contribution in [2.75, 3.05) is 6.61 Å². The van der Waals surface area contributed by atoms with Crippen molar-refractivity contribution >= 4 is 15.9 Å². The van der Waals surface area contributed by atoms with Crippen LogP contribution in [0.15, 0.2) is 53.0 Å². The molecule has 0 amide bonds. The van der Waals surface area contributed by atoms with E-state index in [1.165, 1.54) is 11.1 Å². The van der Waals surface area contributed by atoms with Crippen LogP contribution >= 0.6 is 15.9 Å². The van der Waals surface area contributed by atoms with E-state index in [4.69, 9.17) is 9.47 Å².